The lowest BCUT2D eigenvalue weighted by molar-refractivity contribution is -0.384. The summed E-state index contributed by atoms with van der Waals surface area (Å²) < 4.78 is 28.3. The highest BCUT2D eigenvalue weighted by Crippen LogP contribution is 2.18. The molecule has 1 aliphatic heterocycles. The minimum absolute atomic E-state index is 0.0138. The summed E-state index contributed by atoms with van der Waals surface area (Å²) in [5.74, 6) is -0.276. The second-order valence-corrected chi connectivity index (χ2v) is 8.12. The van der Waals surface area contributed by atoms with Crippen molar-refractivity contribution in [1.82, 2.24) is 18.8 Å². The van der Waals surface area contributed by atoms with Crippen LogP contribution in [0.25, 0.3) is 0 Å². The highest BCUT2D eigenvalue weighted by atomic mass is 32.2. The number of carbonyl (C=O) groups is 1. The van der Waals surface area contributed by atoms with Crippen LogP contribution in [0.4, 0.5) is 5.69 Å². The fraction of sp³-hybridized carbons (Fsp3) is 0.375. The quantitative estimate of drug-likeness (QED) is 0.562. The number of non-ortho nitro benzene ring substituents is 1. The molecule has 0 bridgehead atoms. The molecule has 3 rings (SSSR count). The first-order valence-corrected chi connectivity index (χ1v) is 9.75. The van der Waals surface area contributed by atoms with E-state index in [1.807, 2.05) is 0 Å². The molecule has 0 aliphatic carbocycles. The van der Waals surface area contributed by atoms with Gasteiger partial charge in [-0.05, 0) is 18.6 Å². The summed E-state index contributed by atoms with van der Waals surface area (Å²) in [7, 11) is -2.01. The predicted molar refractivity (Wildman–Crippen MR) is 95.6 cm³/mol. The number of carbonyl (C=O) groups excluding carboxylic acids is 1. The van der Waals surface area contributed by atoms with Gasteiger partial charge in [-0.25, -0.2) is 13.4 Å². The Bertz CT molecular complexity index is 954. The van der Waals surface area contributed by atoms with Crippen LogP contribution >= 0.6 is 0 Å². The maximum Gasteiger partial charge on any atom is 0.269 e. The lowest BCUT2D eigenvalue weighted by atomic mass is 10.2. The molecule has 2 heterocycles. The summed E-state index contributed by atoms with van der Waals surface area (Å²) in [4.78, 5) is 28.3. The third-order valence-corrected chi connectivity index (χ3v) is 6.14. The van der Waals surface area contributed by atoms with Crippen LogP contribution < -0.4 is 0 Å². The molecule has 10 nitrogen and oxygen atoms in total. The van der Waals surface area contributed by atoms with Crippen molar-refractivity contribution in [2.75, 3.05) is 26.2 Å². The van der Waals surface area contributed by atoms with Crippen molar-refractivity contribution in [2.24, 2.45) is 7.05 Å². The summed E-state index contributed by atoms with van der Waals surface area (Å²) in [6.07, 6.45) is 3.36. The van der Waals surface area contributed by atoms with Crippen LogP contribution in [-0.2, 0) is 17.1 Å². The van der Waals surface area contributed by atoms with E-state index in [9.17, 15) is 23.3 Å². The van der Waals surface area contributed by atoms with Gasteiger partial charge >= 0.3 is 0 Å². The third-order valence-electron chi connectivity index (χ3n) is 4.35. The Kier molecular flexibility index (Phi) is 5.24. The molecule has 1 saturated heterocycles. The molecule has 27 heavy (non-hydrogen) atoms. The molecule has 11 heteroatoms. The lowest BCUT2D eigenvalue weighted by Gasteiger charge is -2.21. The molecule has 0 radical (unpaired) electrons. The number of benzene rings is 1. The van der Waals surface area contributed by atoms with Crippen LogP contribution in [0.5, 0.6) is 0 Å². The molecule has 0 spiro atoms. The SMILES string of the molecule is Cn1cnc(S(=O)(=O)N2CCCN(C(=O)c3ccc([N+](=O)[O-])cc3)CC2)c1. The Hall–Kier alpha value is -2.79. The zero-order chi connectivity index (χ0) is 19.6. The molecular weight excluding hydrogens is 374 g/mol. The fourth-order valence-corrected chi connectivity index (χ4v) is 4.34. The molecule has 1 aromatic carbocycles. The van der Waals surface area contributed by atoms with Gasteiger partial charge in [-0.2, -0.15) is 4.31 Å². The second-order valence-electron chi connectivity index (χ2n) is 6.23. The molecule has 1 amide bonds. The smallest absolute Gasteiger partial charge is 0.269 e. The molecule has 0 saturated carbocycles. The van der Waals surface area contributed by atoms with Gasteiger partial charge in [0.25, 0.3) is 21.6 Å². The van der Waals surface area contributed by atoms with Crippen molar-refractivity contribution in [2.45, 2.75) is 11.4 Å². The number of nitro groups is 1. The predicted octanol–water partition coefficient (Wildman–Crippen LogP) is 0.865. The maximum atomic E-state index is 12.7. The highest BCUT2D eigenvalue weighted by Gasteiger charge is 2.30. The highest BCUT2D eigenvalue weighted by molar-refractivity contribution is 7.89. The zero-order valence-electron chi connectivity index (χ0n) is 14.7. The van der Waals surface area contributed by atoms with E-state index < -0.39 is 14.9 Å². The Morgan fingerprint density at radius 2 is 1.85 bits per heavy atom. The van der Waals surface area contributed by atoms with Crippen molar-refractivity contribution < 1.29 is 18.1 Å². The minimum atomic E-state index is -3.70. The van der Waals surface area contributed by atoms with Gasteiger partial charge in [-0.3, -0.25) is 14.9 Å². The number of imidazole rings is 1. The van der Waals surface area contributed by atoms with Crippen LogP contribution in [0.15, 0.2) is 41.8 Å². The van der Waals surface area contributed by atoms with Crippen molar-refractivity contribution in [3.63, 3.8) is 0 Å². The number of hydrogen-bond donors (Lipinski definition) is 0. The van der Waals surface area contributed by atoms with Crippen LogP contribution in [0.2, 0.25) is 0 Å². The molecule has 1 aliphatic rings. The summed E-state index contributed by atoms with van der Waals surface area (Å²) in [6.45, 7) is 1.10. The normalized spacial score (nSPS) is 16.1. The lowest BCUT2D eigenvalue weighted by Crippen LogP contribution is -2.37. The van der Waals surface area contributed by atoms with E-state index in [-0.39, 0.29) is 29.7 Å². The topological polar surface area (TPSA) is 119 Å². The molecular formula is C16H19N5O5S. The van der Waals surface area contributed by atoms with Crippen molar-refractivity contribution in [3.05, 3.63) is 52.5 Å². The molecule has 2 aromatic rings. The monoisotopic (exact) mass is 393 g/mol. The maximum absolute atomic E-state index is 12.7. The van der Waals surface area contributed by atoms with Crippen LogP contribution in [0.3, 0.4) is 0 Å². The number of rotatable bonds is 4. The summed E-state index contributed by atoms with van der Waals surface area (Å²) in [6, 6.07) is 5.38. The van der Waals surface area contributed by atoms with Gasteiger partial charge in [0, 0.05) is 57.1 Å². The number of aromatic nitrogens is 2. The third kappa shape index (κ3) is 3.98. The fourth-order valence-electron chi connectivity index (χ4n) is 2.90. The number of amides is 1. The number of nitro benzene ring substituents is 1. The van der Waals surface area contributed by atoms with E-state index in [4.69, 9.17) is 0 Å². The largest absolute Gasteiger partial charge is 0.339 e. The summed E-state index contributed by atoms with van der Waals surface area (Å²) >= 11 is 0. The number of hydrogen-bond acceptors (Lipinski definition) is 6. The molecule has 0 atom stereocenters. The van der Waals surface area contributed by atoms with Gasteiger partial charge in [-0.1, -0.05) is 0 Å². The molecule has 0 unspecified atom stereocenters. The molecule has 1 fully saturated rings. The number of nitrogens with zero attached hydrogens (tertiary/aromatic N) is 5. The van der Waals surface area contributed by atoms with Crippen molar-refractivity contribution in [1.29, 1.82) is 0 Å². The minimum Gasteiger partial charge on any atom is -0.339 e. The second kappa shape index (κ2) is 7.45. The van der Waals surface area contributed by atoms with Gasteiger partial charge < -0.3 is 9.47 Å². The average Bonchev–Trinajstić information content (AvgIpc) is 2.94. The number of aryl methyl sites for hydroxylation is 1. The first-order valence-electron chi connectivity index (χ1n) is 8.31. The van der Waals surface area contributed by atoms with E-state index in [2.05, 4.69) is 4.98 Å². The van der Waals surface area contributed by atoms with Crippen LogP contribution in [-0.4, -0.2) is 64.2 Å². The summed E-state index contributed by atoms with van der Waals surface area (Å²) in [5.41, 5.74) is 0.247. The average molecular weight is 393 g/mol. The Morgan fingerprint density at radius 3 is 2.44 bits per heavy atom. The van der Waals surface area contributed by atoms with E-state index in [0.29, 0.717) is 25.1 Å². The Balaban J connectivity index is 1.71. The standard InChI is InChI=1S/C16H19N5O5S/c1-18-11-15(17-12-18)27(25,26)20-8-2-7-19(9-10-20)16(22)13-3-5-14(6-4-13)21(23)24/h3-6,11-12H,2,7-10H2,1H3. The Labute approximate surface area is 156 Å². The van der Waals surface area contributed by atoms with E-state index >= 15 is 0 Å². The zero-order valence-corrected chi connectivity index (χ0v) is 15.5. The molecule has 1 aromatic heterocycles. The van der Waals surface area contributed by atoms with Gasteiger partial charge in [0.15, 0.2) is 5.03 Å². The van der Waals surface area contributed by atoms with Gasteiger partial charge in [0.05, 0.1) is 11.3 Å². The van der Waals surface area contributed by atoms with Crippen molar-refractivity contribution >= 4 is 21.6 Å². The van der Waals surface area contributed by atoms with E-state index in [1.54, 1.807) is 16.5 Å². The van der Waals surface area contributed by atoms with E-state index in [0.717, 1.165) is 0 Å². The Morgan fingerprint density at radius 1 is 1.15 bits per heavy atom. The van der Waals surface area contributed by atoms with E-state index in [1.165, 1.54) is 41.1 Å². The van der Waals surface area contributed by atoms with Gasteiger partial charge in [0.1, 0.15) is 0 Å². The van der Waals surface area contributed by atoms with Gasteiger partial charge in [-0.15, -0.1) is 0 Å². The van der Waals surface area contributed by atoms with Gasteiger partial charge in [0.2, 0.25) is 0 Å². The van der Waals surface area contributed by atoms with Crippen molar-refractivity contribution in [3.8, 4) is 0 Å². The molecule has 144 valence electrons. The first kappa shape index (κ1) is 19.0. The summed E-state index contributed by atoms with van der Waals surface area (Å²) in [5, 5.41) is 10.7. The van der Waals surface area contributed by atoms with Crippen LogP contribution in [0, 0.1) is 10.1 Å². The number of sulfonamides is 1. The van der Waals surface area contributed by atoms with Crippen LogP contribution in [0.1, 0.15) is 16.8 Å². The molecule has 0 N–H and O–H groups in total. The first-order chi connectivity index (χ1) is 12.8.